The predicted octanol–water partition coefficient (Wildman–Crippen LogP) is 2.11. The maximum absolute atomic E-state index is 12.9. The van der Waals surface area contributed by atoms with Crippen LogP contribution in [-0.4, -0.2) is 66.8 Å². The van der Waals surface area contributed by atoms with Crippen LogP contribution in [0.3, 0.4) is 0 Å². The summed E-state index contributed by atoms with van der Waals surface area (Å²) in [5.41, 5.74) is 7.14. The lowest BCUT2D eigenvalue weighted by atomic mass is 9.97. The van der Waals surface area contributed by atoms with Crippen molar-refractivity contribution in [2.24, 2.45) is 17.6 Å². The largest absolute Gasteiger partial charge is 0.371 e. The van der Waals surface area contributed by atoms with Crippen molar-refractivity contribution >= 4 is 23.4 Å². The first-order valence-corrected chi connectivity index (χ1v) is 11.1. The van der Waals surface area contributed by atoms with Crippen LogP contribution in [0.25, 0.3) is 0 Å². The van der Waals surface area contributed by atoms with E-state index >= 15 is 0 Å². The van der Waals surface area contributed by atoms with Crippen LogP contribution in [-0.2, 0) is 9.59 Å². The molecule has 2 N–H and O–H groups in total. The van der Waals surface area contributed by atoms with Crippen molar-refractivity contribution < 1.29 is 14.4 Å². The zero-order valence-electron chi connectivity index (χ0n) is 18.2. The topological polar surface area (TPSA) is 87.0 Å². The normalized spacial score (nSPS) is 19.8. The second-order valence-corrected chi connectivity index (χ2v) is 8.84. The fourth-order valence-electron chi connectivity index (χ4n) is 4.17. The SMILES string of the molecule is CC(C)CCC(=O)N1CCN(C(=O)c2ccc(N3CCCC(C(N)=O)C3)cc2)CC1. The third-order valence-corrected chi connectivity index (χ3v) is 6.16. The number of nitrogens with two attached hydrogens (primary N) is 1. The van der Waals surface area contributed by atoms with Gasteiger partial charge in [-0.2, -0.15) is 0 Å². The van der Waals surface area contributed by atoms with E-state index in [1.807, 2.05) is 34.1 Å². The summed E-state index contributed by atoms with van der Waals surface area (Å²) in [5, 5.41) is 0. The summed E-state index contributed by atoms with van der Waals surface area (Å²) in [7, 11) is 0. The molecule has 0 aromatic heterocycles. The van der Waals surface area contributed by atoms with Crippen molar-refractivity contribution in [2.45, 2.75) is 39.5 Å². The van der Waals surface area contributed by atoms with Crippen LogP contribution < -0.4 is 10.6 Å². The van der Waals surface area contributed by atoms with Crippen LogP contribution >= 0.6 is 0 Å². The minimum atomic E-state index is -0.242. The van der Waals surface area contributed by atoms with Gasteiger partial charge in [-0.1, -0.05) is 13.8 Å². The highest BCUT2D eigenvalue weighted by Gasteiger charge is 2.26. The predicted molar refractivity (Wildman–Crippen MR) is 117 cm³/mol. The Balaban J connectivity index is 1.53. The lowest BCUT2D eigenvalue weighted by Crippen LogP contribution is -2.50. The van der Waals surface area contributed by atoms with Crippen LogP contribution in [0.2, 0.25) is 0 Å². The quantitative estimate of drug-likeness (QED) is 0.772. The number of carbonyl (C=O) groups is 3. The van der Waals surface area contributed by atoms with E-state index in [9.17, 15) is 14.4 Å². The van der Waals surface area contributed by atoms with Crippen molar-refractivity contribution in [3.8, 4) is 0 Å². The molecule has 2 heterocycles. The lowest BCUT2D eigenvalue weighted by Gasteiger charge is -2.35. The number of benzene rings is 1. The fourth-order valence-corrected chi connectivity index (χ4v) is 4.17. The highest BCUT2D eigenvalue weighted by molar-refractivity contribution is 5.94. The van der Waals surface area contributed by atoms with Gasteiger partial charge in [-0.25, -0.2) is 0 Å². The Labute approximate surface area is 179 Å². The standard InChI is InChI=1S/C23H34N4O3/c1-17(2)5-10-21(28)25-12-14-26(15-13-25)23(30)18-6-8-20(9-7-18)27-11-3-4-19(16-27)22(24)29/h6-9,17,19H,3-5,10-16H2,1-2H3,(H2,24,29). The van der Waals surface area contributed by atoms with Crippen LogP contribution in [0.5, 0.6) is 0 Å². The molecule has 2 fully saturated rings. The summed E-state index contributed by atoms with van der Waals surface area (Å²) < 4.78 is 0. The van der Waals surface area contributed by atoms with Gasteiger partial charge in [-0.3, -0.25) is 14.4 Å². The van der Waals surface area contributed by atoms with Crippen molar-refractivity contribution in [1.82, 2.24) is 9.80 Å². The van der Waals surface area contributed by atoms with Gasteiger partial charge in [-0.05, 0) is 49.4 Å². The van der Waals surface area contributed by atoms with E-state index in [0.717, 1.165) is 31.5 Å². The zero-order valence-corrected chi connectivity index (χ0v) is 18.2. The highest BCUT2D eigenvalue weighted by atomic mass is 16.2. The Hall–Kier alpha value is -2.57. The molecule has 0 spiro atoms. The maximum atomic E-state index is 12.9. The number of piperidine rings is 1. The average molecular weight is 415 g/mol. The van der Waals surface area contributed by atoms with E-state index in [-0.39, 0.29) is 23.6 Å². The van der Waals surface area contributed by atoms with Gasteiger partial charge in [-0.15, -0.1) is 0 Å². The number of primary amides is 1. The van der Waals surface area contributed by atoms with Crippen molar-refractivity contribution in [3.05, 3.63) is 29.8 Å². The Morgan fingerprint density at radius 3 is 2.23 bits per heavy atom. The molecule has 0 aliphatic carbocycles. The van der Waals surface area contributed by atoms with Crippen molar-refractivity contribution in [3.63, 3.8) is 0 Å². The molecule has 2 saturated heterocycles. The Kier molecular flexibility index (Phi) is 7.34. The second-order valence-electron chi connectivity index (χ2n) is 8.84. The third-order valence-electron chi connectivity index (χ3n) is 6.16. The molecule has 0 radical (unpaired) electrons. The Morgan fingerprint density at radius 1 is 1.00 bits per heavy atom. The molecule has 1 unspecified atom stereocenters. The van der Waals surface area contributed by atoms with Crippen LogP contribution in [0.4, 0.5) is 5.69 Å². The molecule has 7 nitrogen and oxygen atoms in total. The summed E-state index contributed by atoms with van der Waals surface area (Å²) >= 11 is 0. The van der Waals surface area contributed by atoms with Gasteiger partial charge >= 0.3 is 0 Å². The maximum Gasteiger partial charge on any atom is 0.253 e. The van der Waals surface area contributed by atoms with E-state index in [0.29, 0.717) is 50.6 Å². The molecule has 1 aromatic rings. The molecule has 3 rings (SSSR count). The minimum absolute atomic E-state index is 0.00415. The molecule has 1 aromatic carbocycles. The molecule has 2 aliphatic rings. The number of piperazine rings is 1. The third kappa shape index (κ3) is 5.52. The van der Waals surface area contributed by atoms with Gasteiger partial charge in [0.05, 0.1) is 5.92 Å². The van der Waals surface area contributed by atoms with Gasteiger partial charge in [0.25, 0.3) is 5.91 Å². The number of rotatable bonds is 6. The summed E-state index contributed by atoms with van der Waals surface area (Å²) in [5.74, 6) is 0.361. The molecule has 0 saturated carbocycles. The number of hydrogen-bond donors (Lipinski definition) is 1. The molecule has 7 heteroatoms. The van der Waals surface area contributed by atoms with Crippen molar-refractivity contribution in [1.29, 1.82) is 0 Å². The molecule has 0 bridgehead atoms. The van der Waals surface area contributed by atoms with E-state index in [4.69, 9.17) is 5.73 Å². The number of anilines is 1. The van der Waals surface area contributed by atoms with Crippen LogP contribution in [0.15, 0.2) is 24.3 Å². The highest BCUT2D eigenvalue weighted by Crippen LogP contribution is 2.24. The minimum Gasteiger partial charge on any atom is -0.371 e. The first-order chi connectivity index (χ1) is 14.3. The lowest BCUT2D eigenvalue weighted by molar-refractivity contribution is -0.133. The van der Waals surface area contributed by atoms with Gasteiger partial charge in [0, 0.05) is 56.9 Å². The van der Waals surface area contributed by atoms with Gasteiger partial charge < -0.3 is 20.4 Å². The molecule has 1 atom stereocenters. The number of nitrogens with zero attached hydrogens (tertiary/aromatic N) is 3. The van der Waals surface area contributed by atoms with E-state index in [2.05, 4.69) is 18.7 Å². The van der Waals surface area contributed by atoms with Gasteiger partial charge in [0.15, 0.2) is 0 Å². The monoisotopic (exact) mass is 414 g/mol. The first kappa shape index (κ1) is 22.1. The number of hydrogen-bond acceptors (Lipinski definition) is 4. The number of carbonyl (C=O) groups excluding carboxylic acids is 3. The molecule has 3 amide bonds. The van der Waals surface area contributed by atoms with Crippen LogP contribution in [0.1, 0.15) is 49.9 Å². The smallest absolute Gasteiger partial charge is 0.253 e. The molecular formula is C23H34N4O3. The summed E-state index contributed by atoms with van der Waals surface area (Å²) in [4.78, 5) is 42.5. The van der Waals surface area contributed by atoms with E-state index < -0.39 is 0 Å². The van der Waals surface area contributed by atoms with Crippen molar-refractivity contribution in [2.75, 3.05) is 44.2 Å². The van der Waals surface area contributed by atoms with Gasteiger partial charge in [0.2, 0.25) is 11.8 Å². The zero-order chi connectivity index (χ0) is 21.7. The summed E-state index contributed by atoms with van der Waals surface area (Å²) in [6.07, 6.45) is 3.27. The Bertz CT molecular complexity index is 754. The van der Waals surface area contributed by atoms with Gasteiger partial charge in [0.1, 0.15) is 0 Å². The van der Waals surface area contributed by atoms with Crippen LogP contribution in [0, 0.1) is 11.8 Å². The molecule has 30 heavy (non-hydrogen) atoms. The first-order valence-electron chi connectivity index (χ1n) is 11.1. The summed E-state index contributed by atoms with van der Waals surface area (Å²) in [6.45, 7) is 8.11. The molecule has 2 aliphatic heterocycles. The molecular weight excluding hydrogens is 380 g/mol. The van der Waals surface area contributed by atoms with E-state index in [1.54, 1.807) is 0 Å². The fraction of sp³-hybridized carbons (Fsp3) is 0.609. The average Bonchev–Trinajstić information content (AvgIpc) is 2.77. The Morgan fingerprint density at radius 2 is 1.63 bits per heavy atom. The molecule has 164 valence electrons. The number of amides is 3. The van der Waals surface area contributed by atoms with E-state index in [1.165, 1.54) is 0 Å². The second kappa shape index (κ2) is 9.96. The summed E-state index contributed by atoms with van der Waals surface area (Å²) in [6, 6.07) is 7.60.